The molecule has 0 aromatic heterocycles. The normalized spacial score (nSPS) is 24.6. The molecule has 162 valence electrons. The molecule has 2 amide bonds. The first-order valence-corrected chi connectivity index (χ1v) is 11.0. The van der Waals surface area contributed by atoms with Gasteiger partial charge in [-0.1, -0.05) is 55.5 Å². The molecule has 1 heterocycles. The van der Waals surface area contributed by atoms with Gasteiger partial charge in [-0.2, -0.15) is 0 Å². The fraction of sp³-hybridized carbons (Fsp3) is 0.385. The van der Waals surface area contributed by atoms with Crippen LogP contribution in [0.3, 0.4) is 0 Å². The molecule has 0 radical (unpaired) electrons. The van der Waals surface area contributed by atoms with E-state index in [1.807, 2.05) is 35.2 Å². The van der Waals surface area contributed by atoms with E-state index in [-0.39, 0.29) is 23.5 Å². The zero-order valence-corrected chi connectivity index (χ0v) is 17.9. The van der Waals surface area contributed by atoms with Crippen LogP contribution in [0.25, 0.3) is 11.1 Å². The monoisotopic (exact) mass is 420 g/mol. The van der Waals surface area contributed by atoms with Gasteiger partial charge in [-0.25, -0.2) is 4.39 Å². The number of likely N-dealkylation sites (tertiary alicyclic amines) is 1. The number of nitrogens with one attached hydrogen (secondary N) is 1. The highest BCUT2D eigenvalue weighted by Gasteiger charge is 2.49. The molecular weight excluding hydrogens is 391 g/mol. The lowest BCUT2D eigenvalue weighted by Crippen LogP contribution is -2.45. The van der Waals surface area contributed by atoms with Gasteiger partial charge in [0.2, 0.25) is 11.8 Å². The Morgan fingerprint density at radius 1 is 1.19 bits per heavy atom. The molecule has 31 heavy (non-hydrogen) atoms. The van der Waals surface area contributed by atoms with Gasteiger partial charge in [-0.05, 0) is 42.4 Å². The Hall–Kier alpha value is -2.95. The van der Waals surface area contributed by atoms with Crippen LogP contribution in [0.4, 0.5) is 4.39 Å². The zero-order valence-electron chi connectivity index (χ0n) is 17.9. The minimum absolute atomic E-state index is 0.0742. The molecule has 2 fully saturated rings. The van der Waals surface area contributed by atoms with Crippen LogP contribution >= 0.6 is 0 Å². The van der Waals surface area contributed by atoms with Crippen LogP contribution in [0.5, 0.6) is 0 Å². The van der Waals surface area contributed by atoms with E-state index >= 15 is 0 Å². The second-order valence-electron chi connectivity index (χ2n) is 8.92. The van der Waals surface area contributed by atoms with E-state index in [9.17, 15) is 14.0 Å². The molecule has 1 saturated heterocycles. The van der Waals surface area contributed by atoms with E-state index in [2.05, 4.69) is 18.8 Å². The molecule has 1 N–H and O–H groups in total. The number of nitrogens with zero attached hydrogens (tertiary/aromatic N) is 1. The number of rotatable bonds is 7. The summed E-state index contributed by atoms with van der Waals surface area (Å²) >= 11 is 0. The second kappa shape index (κ2) is 8.66. The highest BCUT2D eigenvalue weighted by molar-refractivity contribution is 5.87. The van der Waals surface area contributed by atoms with Crippen molar-refractivity contribution in [1.29, 1.82) is 0 Å². The molecule has 4 rings (SSSR count). The molecule has 1 saturated carbocycles. The molecule has 0 unspecified atom stereocenters. The van der Waals surface area contributed by atoms with E-state index in [4.69, 9.17) is 0 Å². The van der Waals surface area contributed by atoms with E-state index in [1.165, 1.54) is 6.07 Å². The van der Waals surface area contributed by atoms with E-state index in [1.54, 1.807) is 18.2 Å². The maximum absolute atomic E-state index is 14.5. The number of benzene rings is 2. The van der Waals surface area contributed by atoms with Gasteiger partial charge in [0.1, 0.15) is 5.82 Å². The number of amides is 2. The van der Waals surface area contributed by atoms with Crippen molar-refractivity contribution in [2.75, 3.05) is 19.6 Å². The van der Waals surface area contributed by atoms with Gasteiger partial charge in [0.15, 0.2) is 0 Å². The van der Waals surface area contributed by atoms with Crippen LogP contribution in [-0.4, -0.2) is 36.3 Å². The first-order chi connectivity index (χ1) is 14.9. The van der Waals surface area contributed by atoms with Gasteiger partial charge in [0.25, 0.3) is 0 Å². The van der Waals surface area contributed by atoms with Gasteiger partial charge >= 0.3 is 0 Å². The van der Waals surface area contributed by atoms with Crippen LogP contribution in [0.15, 0.2) is 61.2 Å². The average Bonchev–Trinajstić information content (AvgIpc) is 3.35. The summed E-state index contributed by atoms with van der Waals surface area (Å²) in [6.45, 7) is 7.13. The summed E-state index contributed by atoms with van der Waals surface area (Å²) in [5.41, 5.74) is 1.49. The summed E-state index contributed by atoms with van der Waals surface area (Å²) in [6, 6.07) is 14.3. The van der Waals surface area contributed by atoms with Crippen LogP contribution in [0, 0.1) is 23.1 Å². The van der Waals surface area contributed by atoms with Gasteiger partial charge in [0.05, 0.1) is 5.41 Å². The van der Waals surface area contributed by atoms with Crippen molar-refractivity contribution in [1.82, 2.24) is 10.2 Å². The molecule has 4 nitrogen and oxygen atoms in total. The van der Waals surface area contributed by atoms with E-state index < -0.39 is 5.41 Å². The fourth-order valence-corrected chi connectivity index (χ4v) is 4.70. The molecule has 1 aliphatic heterocycles. The second-order valence-corrected chi connectivity index (χ2v) is 8.92. The predicted octanol–water partition coefficient (Wildman–Crippen LogP) is 4.21. The van der Waals surface area contributed by atoms with E-state index in [0.717, 1.165) is 17.5 Å². The SMILES string of the molecule is C=CCNC(=O)[C@]1(Cc2ccccc2-c2ccccc2F)CCN(C(=O)[C@H]2C[C@H]2C)C1. The van der Waals surface area contributed by atoms with Gasteiger partial charge in [-0.3, -0.25) is 9.59 Å². The summed E-state index contributed by atoms with van der Waals surface area (Å²) in [5.74, 6) is 0.325. The van der Waals surface area contributed by atoms with Crippen molar-refractivity contribution in [3.8, 4) is 11.1 Å². The quantitative estimate of drug-likeness (QED) is 0.682. The Labute approximate surface area is 183 Å². The first-order valence-electron chi connectivity index (χ1n) is 11.0. The Balaban J connectivity index is 1.65. The minimum atomic E-state index is -0.738. The van der Waals surface area contributed by atoms with Crippen molar-refractivity contribution >= 4 is 11.8 Å². The maximum Gasteiger partial charge on any atom is 0.228 e. The molecule has 1 aliphatic carbocycles. The smallest absolute Gasteiger partial charge is 0.228 e. The average molecular weight is 421 g/mol. The highest BCUT2D eigenvalue weighted by Crippen LogP contribution is 2.43. The van der Waals surface area contributed by atoms with Gasteiger partial charge < -0.3 is 10.2 Å². The number of hydrogen-bond donors (Lipinski definition) is 1. The topological polar surface area (TPSA) is 49.4 Å². The fourth-order valence-electron chi connectivity index (χ4n) is 4.70. The summed E-state index contributed by atoms with van der Waals surface area (Å²) in [4.78, 5) is 28.0. The first kappa shape index (κ1) is 21.3. The Morgan fingerprint density at radius 2 is 1.87 bits per heavy atom. The summed E-state index contributed by atoms with van der Waals surface area (Å²) in [6.07, 6.45) is 3.63. The Bertz CT molecular complexity index is 1000. The molecule has 0 bridgehead atoms. The van der Waals surface area contributed by atoms with Crippen molar-refractivity contribution in [2.24, 2.45) is 17.3 Å². The molecule has 2 aromatic rings. The van der Waals surface area contributed by atoms with Crippen molar-refractivity contribution < 1.29 is 14.0 Å². The van der Waals surface area contributed by atoms with Crippen molar-refractivity contribution in [3.05, 3.63) is 72.6 Å². The Kier molecular flexibility index (Phi) is 5.94. The molecule has 0 spiro atoms. The summed E-state index contributed by atoms with van der Waals surface area (Å²) in [5, 5.41) is 2.95. The third kappa shape index (κ3) is 4.27. The maximum atomic E-state index is 14.5. The van der Waals surface area contributed by atoms with Gasteiger partial charge in [-0.15, -0.1) is 6.58 Å². The molecule has 3 atom stereocenters. The molecule has 2 aromatic carbocycles. The van der Waals surface area contributed by atoms with Gasteiger partial charge in [0, 0.05) is 31.1 Å². The van der Waals surface area contributed by atoms with Crippen LogP contribution in [0.1, 0.15) is 25.3 Å². The highest BCUT2D eigenvalue weighted by atomic mass is 19.1. The number of carbonyl (C=O) groups excluding carboxylic acids is 2. The lowest BCUT2D eigenvalue weighted by Gasteiger charge is -2.29. The number of hydrogen-bond acceptors (Lipinski definition) is 2. The molecule has 5 heteroatoms. The molecular formula is C26H29FN2O2. The Morgan fingerprint density at radius 3 is 2.55 bits per heavy atom. The van der Waals surface area contributed by atoms with Crippen LogP contribution in [-0.2, 0) is 16.0 Å². The lowest BCUT2D eigenvalue weighted by molar-refractivity contribution is -0.134. The van der Waals surface area contributed by atoms with Crippen molar-refractivity contribution in [3.63, 3.8) is 0 Å². The standard InChI is InChI=1S/C26H29FN2O2/c1-3-13-28-25(31)26(12-14-29(17-26)24(30)22-15-18(22)2)16-19-8-4-5-9-20(19)21-10-6-7-11-23(21)27/h3-11,18,22H,1,12-17H2,2H3,(H,28,31)/t18-,22+,26+/m1/s1. The third-order valence-electron chi connectivity index (χ3n) is 6.69. The molecule has 2 aliphatic rings. The zero-order chi connectivity index (χ0) is 22.0. The summed E-state index contributed by atoms with van der Waals surface area (Å²) in [7, 11) is 0. The van der Waals surface area contributed by atoms with Crippen LogP contribution in [0.2, 0.25) is 0 Å². The number of halogens is 1. The van der Waals surface area contributed by atoms with E-state index in [0.29, 0.717) is 44.0 Å². The third-order valence-corrected chi connectivity index (χ3v) is 6.69. The minimum Gasteiger partial charge on any atom is -0.352 e. The van der Waals surface area contributed by atoms with Crippen molar-refractivity contribution in [2.45, 2.75) is 26.2 Å². The largest absolute Gasteiger partial charge is 0.352 e. The number of carbonyl (C=O) groups is 2. The predicted molar refractivity (Wildman–Crippen MR) is 120 cm³/mol. The van der Waals surface area contributed by atoms with Crippen LogP contribution < -0.4 is 5.32 Å². The lowest BCUT2D eigenvalue weighted by atomic mass is 9.78. The summed E-state index contributed by atoms with van der Waals surface area (Å²) < 4.78 is 14.5.